The summed E-state index contributed by atoms with van der Waals surface area (Å²) in [5.74, 6) is 0.646. The number of halogens is 2. The molecule has 0 aliphatic carbocycles. The van der Waals surface area contributed by atoms with Gasteiger partial charge >= 0.3 is 0 Å². The molecular weight excluding hydrogens is 281 g/mol. The standard InChI is InChI=1S/C14H13ClFN3O/c1-9-18-13(15)12(8-20)14(19-9)17-7-6-10-2-4-11(16)5-3-10/h2-5,8H,6-7H2,1H3,(H,17,18,19). The lowest BCUT2D eigenvalue weighted by Gasteiger charge is -2.09. The molecule has 0 bridgehead atoms. The molecule has 4 nitrogen and oxygen atoms in total. The average Bonchev–Trinajstić information content (AvgIpc) is 2.40. The molecule has 2 rings (SSSR count). The predicted octanol–water partition coefficient (Wildman–Crippen LogP) is 3.04. The second-order valence-electron chi connectivity index (χ2n) is 4.25. The maximum absolute atomic E-state index is 12.8. The Morgan fingerprint density at radius 2 is 2.00 bits per heavy atom. The molecule has 0 saturated carbocycles. The third kappa shape index (κ3) is 3.51. The fraction of sp³-hybridized carbons (Fsp3) is 0.214. The van der Waals surface area contributed by atoms with Crippen LogP contribution in [0, 0.1) is 12.7 Å². The largest absolute Gasteiger partial charge is 0.369 e. The number of aromatic nitrogens is 2. The highest BCUT2D eigenvalue weighted by atomic mass is 35.5. The number of hydrogen-bond donors (Lipinski definition) is 1. The summed E-state index contributed by atoms with van der Waals surface area (Å²) in [5.41, 5.74) is 1.24. The lowest BCUT2D eigenvalue weighted by atomic mass is 10.1. The second-order valence-corrected chi connectivity index (χ2v) is 4.60. The Kier molecular flexibility index (Phi) is 4.63. The molecule has 1 heterocycles. The molecule has 1 N–H and O–H groups in total. The van der Waals surface area contributed by atoms with Crippen LogP contribution in [0.1, 0.15) is 21.7 Å². The van der Waals surface area contributed by atoms with E-state index in [-0.39, 0.29) is 16.5 Å². The van der Waals surface area contributed by atoms with Crippen molar-refractivity contribution in [3.05, 3.63) is 52.2 Å². The van der Waals surface area contributed by atoms with Gasteiger partial charge in [0.1, 0.15) is 22.6 Å². The molecule has 0 aliphatic rings. The van der Waals surface area contributed by atoms with Crippen molar-refractivity contribution < 1.29 is 9.18 Å². The number of carbonyl (C=O) groups is 1. The zero-order valence-corrected chi connectivity index (χ0v) is 11.6. The van der Waals surface area contributed by atoms with Crippen LogP contribution in [0.3, 0.4) is 0 Å². The first-order valence-electron chi connectivity index (χ1n) is 6.08. The zero-order valence-electron chi connectivity index (χ0n) is 10.9. The van der Waals surface area contributed by atoms with E-state index >= 15 is 0 Å². The highest BCUT2D eigenvalue weighted by molar-refractivity contribution is 6.32. The minimum Gasteiger partial charge on any atom is -0.369 e. The average molecular weight is 294 g/mol. The first-order valence-corrected chi connectivity index (χ1v) is 6.45. The van der Waals surface area contributed by atoms with Gasteiger partial charge in [0.05, 0.1) is 5.56 Å². The maximum Gasteiger partial charge on any atom is 0.156 e. The van der Waals surface area contributed by atoms with Crippen molar-refractivity contribution in [3.63, 3.8) is 0 Å². The summed E-state index contributed by atoms with van der Waals surface area (Å²) in [6, 6.07) is 6.27. The summed E-state index contributed by atoms with van der Waals surface area (Å²) in [7, 11) is 0. The van der Waals surface area contributed by atoms with E-state index in [9.17, 15) is 9.18 Å². The molecule has 0 amide bonds. The SMILES string of the molecule is Cc1nc(Cl)c(C=O)c(NCCc2ccc(F)cc2)n1. The number of nitrogens with one attached hydrogen (secondary N) is 1. The molecule has 0 fully saturated rings. The Morgan fingerprint density at radius 3 is 2.65 bits per heavy atom. The van der Waals surface area contributed by atoms with Gasteiger partial charge in [0, 0.05) is 6.54 Å². The number of aryl methyl sites for hydroxylation is 1. The number of hydrogen-bond acceptors (Lipinski definition) is 4. The van der Waals surface area contributed by atoms with Crippen molar-refractivity contribution in [2.75, 3.05) is 11.9 Å². The Labute approximate surface area is 121 Å². The molecule has 104 valence electrons. The van der Waals surface area contributed by atoms with Crippen LogP contribution >= 0.6 is 11.6 Å². The Bertz CT molecular complexity index is 617. The molecule has 0 saturated heterocycles. The quantitative estimate of drug-likeness (QED) is 0.680. The zero-order chi connectivity index (χ0) is 14.5. The molecule has 1 aromatic heterocycles. The molecule has 0 radical (unpaired) electrons. The van der Waals surface area contributed by atoms with E-state index in [2.05, 4.69) is 15.3 Å². The Morgan fingerprint density at radius 1 is 1.30 bits per heavy atom. The molecule has 2 aromatic rings. The number of rotatable bonds is 5. The third-order valence-corrected chi connectivity index (χ3v) is 3.04. The minimum atomic E-state index is -0.261. The van der Waals surface area contributed by atoms with Gasteiger partial charge in [0.15, 0.2) is 6.29 Å². The fourth-order valence-electron chi connectivity index (χ4n) is 1.76. The minimum absolute atomic E-state index is 0.136. The van der Waals surface area contributed by atoms with Gasteiger partial charge in [-0.15, -0.1) is 0 Å². The Hall–Kier alpha value is -2.01. The molecule has 6 heteroatoms. The van der Waals surface area contributed by atoms with Crippen LogP contribution in [0.15, 0.2) is 24.3 Å². The molecule has 1 aromatic carbocycles. The molecule has 0 aliphatic heterocycles. The smallest absolute Gasteiger partial charge is 0.156 e. The van der Waals surface area contributed by atoms with Gasteiger partial charge in [0.2, 0.25) is 0 Å². The second kappa shape index (κ2) is 6.43. The van der Waals surface area contributed by atoms with Crippen molar-refractivity contribution in [1.82, 2.24) is 9.97 Å². The molecule has 0 spiro atoms. The van der Waals surface area contributed by atoms with E-state index in [4.69, 9.17) is 11.6 Å². The molecule has 0 atom stereocenters. The molecule has 20 heavy (non-hydrogen) atoms. The highest BCUT2D eigenvalue weighted by Gasteiger charge is 2.10. The van der Waals surface area contributed by atoms with Crippen molar-refractivity contribution in [2.45, 2.75) is 13.3 Å². The number of carbonyl (C=O) groups excluding carboxylic acids is 1. The van der Waals surface area contributed by atoms with Gasteiger partial charge in [0.25, 0.3) is 0 Å². The van der Waals surface area contributed by atoms with Crippen LogP contribution in [0.5, 0.6) is 0 Å². The van der Waals surface area contributed by atoms with E-state index in [1.54, 1.807) is 19.1 Å². The summed E-state index contributed by atoms with van der Waals surface area (Å²) in [4.78, 5) is 19.1. The monoisotopic (exact) mass is 293 g/mol. The lowest BCUT2D eigenvalue weighted by molar-refractivity contribution is 0.112. The summed E-state index contributed by atoms with van der Waals surface area (Å²) >= 11 is 5.88. The van der Waals surface area contributed by atoms with E-state index in [1.165, 1.54) is 12.1 Å². The first kappa shape index (κ1) is 14.4. The normalized spacial score (nSPS) is 10.3. The number of anilines is 1. The number of benzene rings is 1. The summed E-state index contributed by atoms with van der Waals surface area (Å²) in [6.45, 7) is 2.25. The van der Waals surface area contributed by atoms with Crippen LogP contribution in [-0.2, 0) is 6.42 Å². The van der Waals surface area contributed by atoms with Gasteiger partial charge in [-0.3, -0.25) is 4.79 Å². The lowest BCUT2D eigenvalue weighted by Crippen LogP contribution is -2.10. The van der Waals surface area contributed by atoms with Crippen LogP contribution in [0.4, 0.5) is 10.2 Å². The fourth-order valence-corrected chi connectivity index (χ4v) is 2.02. The van der Waals surface area contributed by atoms with Gasteiger partial charge in [-0.25, -0.2) is 14.4 Å². The third-order valence-electron chi connectivity index (χ3n) is 2.75. The van der Waals surface area contributed by atoms with Crippen molar-refractivity contribution >= 4 is 23.7 Å². The van der Waals surface area contributed by atoms with Crippen LogP contribution < -0.4 is 5.32 Å². The molecular formula is C14H13ClFN3O. The van der Waals surface area contributed by atoms with Gasteiger partial charge in [-0.05, 0) is 31.0 Å². The topological polar surface area (TPSA) is 54.9 Å². The maximum atomic E-state index is 12.8. The van der Waals surface area contributed by atoms with Crippen molar-refractivity contribution in [1.29, 1.82) is 0 Å². The van der Waals surface area contributed by atoms with E-state index < -0.39 is 0 Å². The van der Waals surface area contributed by atoms with Crippen molar-refractivity contribution in [2.24, 2.45) is 0 Å². The predicted molar refractivity (Wildman–Crippen MR) is 75.8 cm³/mol. The van der Waals surface area contributed by atoms with Gasteiger partial charge in [-0.2, -0.15) is 0 Å². The van der Waals surface area contributed by atoms with Gasteiger partial charge in [-0.1, -0.05) is 23.7 Å². The first-order chi connectivity index (χ1) is 9.60. The van der Waals surface area contributed by atoms with Gasteiger partial charge < -0.3 is 5.32 Å². The van der Waals surface area contributed by atoms with Crippen LogP contribution in [0.2, 0.25) is 5.15 Å². The van der Waals surface area contributed by atoms with Crippen LogP contribution in [0.25, 0.3) is 0 Å². The van der Waals surface area contributed by atoms with E-state index in [0.29, 0.717) is 30.9 Å². The van der Waals surface area contributed by atoms with Crippen molar-refractivity contribution in [3.8, 4) is 0 Å². The van der Waals surface area contributed by atoms with Crippen LogP contribution in [-0.4, -0.2) is 22.8 Å². The number of aldehydes is 1. The number of nitrogens with zero attached hydrogens (tertiary/aromatic N) is 2. The van der Waals surface area contributed by atoms with E-state index in [0.717, 1.165) is 5.56 Å². The summed E-state index contributed by atoms with van der Waals surface area (Å²) < 4.78 is 12.8. The van der Waals surface area contributed by atoms with E-state index in [1.807, 2.05) is 0 Å². The molecule has 0 unspecified atom stereocenters. The summed E-state index contributed by atoms with van der Waals surface area (Å²) in [5, 5.41) is 3.18. The summed E-state index contributed by atoms with van der Waals surface area (Å²) in [6.07, 6.45) is 1.31. The highest BCUT2D eigenvalue weighted by Crippen LogP contribution is 2.18. The Balaban J connectivity index is 2.04.